The lowest BCUT2D eigenvalue weighted by atomic mass is 10.1. The normalized spacial score (nSPS) is 10.4. The van der Waals surface area contributed by atoms with E-state index in [1.54, 1.807) is 24.3 Å². The third-order valence-electron chi connectivity index (χ3n) is 5.18. The minimum atomic E-state index is -0.504. The van der Waals surface area contributed by atoms with E-state index in [2.05, 4.69) is 10.6 Å². The molecule has 3 rings (SSSR count). The van der Waals surface area contributed by atoms with Crippen LogP contribution in [0.5, 0.6) is 0 Å². The Hall–Kier alpha value is -3.80. The fourth-order valence-electron chi connectivity index (χ4n) is 3.36. The molecule has 178 valence electrons. The third kappa shape index (κ3) is 8.62. The number of para-hydroxylation sites is 2. The summed E-state index contributed by atoms with van der Waals surface area (Å²) >= 11 is 0. The summed E-state index contributed by atoms with van der Waals surface area (Å²) in [5, 5.41) is 6.65. The molecule has 0 amide bonds. The van der Waals surface area contributed by atoms with Crippen LogP contribution in [0.1, 0.15) is 46.4 Å². The van der Waals surface area contributed by atoms with E-state index in [9.17, 15) is 9.59 Å². The predicted molar refractivity (Wildman–Crippen MR) is 135 cm³/mol. The van der Waals surface area contributed by atoms with Crippen molar-refractivity contribution in [2.45, 2.75) is 25.7 Å². The van der Waals surface area contributed by atoms with Crippen molar-refractivity contribution in [2.75, 3.05) is 36.9 Å². The van der Waals surface area contributed by atoms with Gasteiger partial charge in [0.05, 0.1) is 24.3 Å². The molecule has 0 unspecified atom stereocenters. The van der Waals surface area contributed by atoms with Gasteiger partial charge in [-0.25, -0.2) is 9.59 Å². The van der Waals surface area contributed by atoms with E-state index in [0.717, 1.165) is 50.1 Å². The maximum atomic E-state index is 12.5. The Morgan fingerprint density at radius 2 is 0.912 bits per heavy atom. The molecule has 0 atom stereocenters. The number of hydrogen-bond acceptors (Lipinski definition) is 6. The largest absolute Gasteiger partial charge is 0.462 e. The van der Waals surface area contributed by atoms with E-state index < -0.39 is 11.9 Å². The summed E-state index contributed by atoms with van der Waals surface area (Å²) in [4.78, 5) is 25.0. The zero-order valence-electron chi connectivity index (χ0n) is 19.4. The quantitative estimate of drug-likeness (QED) is 0.234. The lowest BCUT2D eigenvalue weighted by Crippen LogP contribution is -2.15. The first-order chi connectivity index (χ1) is 16.7. The van der Waals surface area contributed by atoms with Gasteiger partial charge in [0.1, 0.15) is 0 Å². The number of nitrogens with one attached hydrogen (secondary N) is 2. The van der Waals surface area contributed by atoms with Crippen molar-refractivity contribution >= 4 is 23.3 Å². The van der Waals surface area contributed by atoms with Gasteiger partial charge >= 0.3 is 11.9 Å². The summed E-state index contributed by atoms with van der Waals surface area (Å²) in [5.41, 5.74) is 2.61. The second-order valence-electron chi connectivity index (χ2n) is 7.82. The molecular weight excluding hydrogens is 428 g/mol. The molecule has 0 radical (unpaired) electrons. The monoisotopic (exact) mass is 460 g/mol. The number of unbranched alkanes of at least 4 members (excludes halogenated alkanes) is 2. The summed E-state index contributed by atoms with van der Waals surface area (Å²) in [7, 11) is 0. The highest BCUT2D eigenvalue weighted by atomic mass is 16.5. The minimum Gasteiger partial charge on any atom is -0.462 e. The Labute approximate surface area is 201 Å². The van der Waals surface area contributed by atoms with Crippen LogP contribution in [0.4, 0.5) is 11.4 Å². The summed E-state index contributed by atoms with van der Waals surface area (Å²) in [6, 6.07) is 26.5. The van der Waals surface area contributed by atoms with Crippen LogP contribution in [0.3, 0.4) is 0 Å². The van der Waals surface area contributed by atoms with E-state index in [1.165, 1.54) is 0 Å². The highest BCUT2D eigenvalue weighted by molar-refractivity contribution is 6.03. The van der Waals surface area contributed by atoms with E-state index in [-0.39, 0.29) is 11.1 Å². The highest BCUT2D eigenvalue weighted by Crippen LogP contribution is 2.13. The molecule has 0 aliphatic rings. The fraction of sp³-hybridized carbons (Fsp3) is 0.286. The van der Waals surface area contributed by atoms with Crippen LogP contribution >= 0.6 is 0 Å². The second-order valence-corrected chi connectivity index (χ2v) is 7.82. The molecule has 6 nitrogen and oxygen atoms in total. The molecule has 0 heterocycles. The predicted octanol–water partition coefficient (Wildman–Crippen LogP) is 5.78. The van der Waals surface area contributed by atoms with E-state index in [1.807, 2.05) is 60.7 Å². The van der Waals surface area contributed by atoms with Gasteiger partial charge in [-0.05, 0) is 62.1 Å². The molecule has 0 fully saturated rings. The van der Waals surface area contributed by atoms with Crippen molar-refractivity contribution in [1.29, 1.82) is 0 Å². The molecule has 34 heavy (non-hydrogen) atoms. The van der Waals surface area contributed by atoms with Crippen molar-refractivity contribution in [2.24, 2.45) is 0 Å². The summed E-state index contributed by atoms with van der Waals surface area (Å²) < 4.78 is 10.8. The average Bonchev–Trinajstić information content (AvgIpc) is 2.89. The van der Waals surface area contributed by atoms with Gasteiger partial charge in [0.25, 0.3) is 0 Å². The number of benzene rings is 3. The Balaban J connectivity index is 1.33. The van der Waals surface area contributed by atoms with Gasteiger partial charge in [-0.2, -0.15) is 0 Å². The van der Waals surface area contributed by atoms with Gasteiger partial charge in [-0.3, -0.25) is 0 Å². The van der Waals surface area contributed by atoms with Crippen LogP contribution in [0.15, 0.2) is 84.9 Å². The topological polar surface area (TPSA) is 76.7 Å². The first-order valence-corrected chi connectivity index (χ1v) is 11.7. The zero-order chi connectivity index (χ0) is 23.8. The molecule has 0 spiro atoms. The van der Waals surface area contributed by atoms with Crippen LogP contribution in [0, 0.1) is 0 Å². The van der Waals surface area contributed by atoms with Crippen molar-refractivity contribution < 1.29 is 19.1 Å². The number of hydrogen-bond donors (Lipinski definition) is 2. The van der Waals surface area contributed by atoms with Gasteiger partial charge in [0.2, 0.25) is 0 Å². The molecule has 0 saturated heterocycles. The molecule has 3 aromatic carbocycles. The number of ether oxygens (including phenoxy) is 2. The summed E-state index contributed by atoms with van der Waals surface area (Å²) in [6.07, 6.45) is 3.19. The molecule has 2 N–H and O–H groups in total. The molecule has 6 heteroatoms. The van der Waals surface area contributed by atoms with Crippen molar-refractivity contribution in [3.63, 3.8) is 0 Å². The first kappa shape index (κ1) is 24.8. The molecular formula is C28H32N2O4. The number of anilines is 2. The van der Waals surface area contributed by atoms with E-state index in [4.69, 9.17) is 9.47 Å². The molecule has 0 saturated carbocycles. The van der Waals surface area contributed by atoms with Crippen LogP contribution in [-0.2, 0) is 9.47 Å². The Morgan fingerprint density at radius 1 is 0.529 bits per heavy atom. The molecule has 0 aliphatic carbocycles. The number of esters is 2. The van der Waals surface area contributed by atoms with Crippen LogP contribution in [-0.4, -0.2) is 38.2 Å². The SMILES string of the molecule is O=C(OCCCCNc1ccccc1)c1ccccc1C(=O)OCCCCNc1ccccc1. The van der Waals surface area contributed by atoms with Gasteiger partial charge in [0.15, 0.2) is 0 Å². The third-order valence-corrected chi connectivity index (χ3v) is 5.18. The fourth-order valence-corrected chi connectivity index (χ4v) is 3.36. The van der Waals surface area contributed by atoms with Gasteiger partial charge < -0.3 is 20.1 Å². The zero-order valence-corrected chi connectivity index (χ0v) is 19.4. The Morgan fingerprint density at radius 3 is 1.32 bits per heavy atom. The lowest BCUT2D eigenvalue weighted by Gasteiger charge is -2.10. The first-order valence-electron chi connectivity index (χ1n) is 11.7. The van der Waals surface area contributed by atoms with Crippen molar-refractivity contribution in [1.82, 2.24) is 0 Å². The summed E-state index contributed by atoms with van der Waals surface area (Å²) in [6.45, 7) is 2.19. The number of carbonyl (C=O) groups is 2. The molecule has 3 aromatic rings. The van der Waals surface area contributed by atoms with Crippen LogP contribution in [0.2, 0.25) is 0 Å². The van der Waals surface area contributed by atoms with Gasteiger partial charge in [0, 0.05) is 24.5 Å². The molecule has 0 aliphatic heterocycles. The Kier molecular flexibility index (Phi) is 10.5. The maximum absolute atomic E-state index is 12.5. The number of carbonyl (C=O) groups excluding carboxylic acids is 2. The Bertz CT molecular complexity index is 927. The minimum absolute atomic E-state index is 0.237. The van der Waals surface area contributed by atoms with Crippen molar-refractivity contribution in [3.8, 4) is 0 Å². The standard InChI is InChI=1S/C28H32N2O4/c31-27(33-21-11-9-19-29-23-13-3-1-4-14-23)25-17-7-8-18-26(25)28(32)34-22-12-10-20-30-24-15-5-2-6-16-24/h1-8,13-18,29-30H,9-12,19-22H2. The lowest BCUT2D eigenvalue weighted by molar-refractivity contribution is 0.0452. The van der Waals surface area contributed by atoms with E-state index in [0.29, 0.717) is 13.2 Å². The van der Waals surface area contributed by atoms with Crippen LogP contribution in [0.25, 0.3) is 0 Å². The second kappa shape index (κ2) is 14.4. The summed E-state index contributed by atoms with van der Waals surface area (Å²) in [5.74, 6) is -1.01. The van der Waals surface area contributed by atoms with Gasteiger partial charge in [-0.15, -0.1) is 0 Å². The maximum Gasteiger partial charge on any atom is 0.339 e. The molecule has 0 bridgehead atoms. The molecule has 0 aromatic heterocycles. The van der Waals surface area contributed by atoms with Gasteiger partial charge in [-0.1, -0.05) is 48.5 Å². The number of rotatable bonds is 14. The van der Waals surface area contributed by atoms with E-state index >= 15 is 0 Å². The smallest absolute Gasteiger partial charge is 0.339 e. The average molecular weight is 461 g/mol. The van der Waals surface area contributed by atoms with Crippen LogP contribution < -0.4 is 10.6 Å². The highest BCUT2D eigenvalue weighted by Gasteiger charge is 2.18. The van der Waals surface area contributed by atoms with Crippen molar-refractivity contribution in [3.05, 3.63) is 96.1 Å².